The molecule has 0 atom stereocenters. The van der Waals surface area contributed by atoms with Gasteiger partial charge in [-0.15, -0.1) is 0 Å². The summed E-state index contributed by atoms with van der Waals surface area (Å²) in [5, 5.41) is 5.40. The monoisotopic (exact) mass is 322 g/mol. The molecule has 2 aromatic rings. The summed E-state index contributed by atoms with van der Waals surface area (Å²) >= 11 is 3.32. The third-order valence-electron chi connectivity index (χ3n) is 2.47. The number of amides is 2. The van der Waals surface area contributed by atoms with Crippen LogP contribution in [-0.4, -0.2) is 6.03 Å². The molecule has 5 heteroatoms. The van der Waals surface area contributed by atoms with Gasteiger partial charge in [0.25, 0.3) is 0 Å². The van der Waals surface area contributed by atoms with Gasteiger partial charge < -0.3 is 10.6 Å². The summed E-state index contributed by atoms with van der Waals surface area (Å²) in [4.78, 5) is 11.6. The highest BCUT2D eigenvalue weighted by Crippen LogP contribution is 2.13. The summed E-state index contributed by atoms with van der Waals surface area (Å²) in [5.41, 5.74) is 1.55. The van der Waals surface area contributed by atoms with Crippen molar-refractivity contribution in [1.82, 2.24) is 5.32 Å². The van der Waals surface area contributed by atoms with Crippen molar-refractivity contribution < 1.29 is 9.18 Å². The van der Waals surface area contributed by atoms with E-state index in [-0.39, 0.29) is 11.8 Å². The Kier molecular flexibility index (Phi) is 4.52. The summed E-state index contributed by atoms with van der Waals surface area (Å²) in [7, 11) is 0. The second-order valence-electron chi connectivity index (χ2n) is 3.94. The number of nitrogens with one attached hydrogen (secondary N) is 2. The normalized spacial score (nSPS) is 10.0. The first-order valence-electron chi connectivity index (χ1n) is 5.68. The van der Waals surface area contributed by atoms with Gasteiger partial charge in [-0.1, -0.05) is 28.1 Å². The first-order chi connectivity index (χ1) is 9.13. The summed E-state index contributed by atoms with van der Waals surface area (Å²) in [5.74, 6) is -0.289. The van der Waals surface area contributed by atoms with Crippen LogP contribution in [0.3, 0.4) is 0 Å². The number of halogens is 2. The Morgan fingerprint density at radius 3 is 2.32 bits per heavy atom. The number of carbonyl (C=O) groups excluding carboxylic acids is 1. The van der Waals surface area contributed by atoms with Gasteiger partial charge in [0, 0.05) is 16.7 Å². The predicted molar refractivity (Wildman–Crippen MR) is 76.4 cm³/mol. The number of hydrogen-bond donors (Lipinski definition) is 2. The minimum atomic E-state index is -0.299. The topological polar surface area (TPSA) is 41.1 Å². The first-order valence-corrected chi connectivity index (χ1v) is 6.47. The molecule has 0 unspecified atom stereocenters. The van der Waals surface area contributed by atoms with Gasteiger partial charge in [-0.25, -0.2) is 9.18 Å². The van der Waals surface area contributed by atoms with Crippen LogP contribution in [0.2, 0.25) is 0 Å². The molecule has 0 saturated carbocycles. The summed E-state index contributed by atoms with van der Waals surface area (Å²) in [6.07, 6.45) is 0. The second kappa shape index (κ2) is 6.33. The largest absolute Gasteiger partial charge is 0.334 e. The smallest absolute Gasteiger partial charge is 0.319 e. The van der Waals surface area contributed by atoms with E-state index in [2.05, 4.69) is 26.6 Å². The van der Waals surface area contributed by atoms with Gasteiger partial charge in [0.15, 0.2) is 0 Å². The minimum absolute atomic E-state index is 0.289. The average molecular weight is 323 g/mol. The van der Waals surface area contributed by atoms with Crippen LogP contribution >= 0.6 is 15.9 Å². The van der Waals surface area contributed by atoms with Crippen LogP contribution in [0.5, 0.6) is 0 Å². The molecule has 0 fully saturated rings. The van der Waals surface area contributed by atoms with Crippen molar-refractivity contribution in [3.05, 3.63) is 64.4 Å². The number of urea groups is 1. The van der Waals surface area contributed by atoms with Crippen LogP contribution in [0, 0.1) is 5.82 Å². The van der Waals surface area contributed by atoms with Crippen molar-refractivity contribution >= 4 is 27.6 Å². The zero-order valence-electron chi connectivity index (χ0n) is 9.99. The molecule has 19 heavy (non-hydrogen) atoms. The molecule has 0 spiro atoms. The third-order valence-corrected chi connectivity index (χ3v) is 3.00. The van der Waals surface area contributed by atoms with Crippen molar-refractivity contribution in [1.29, 1.82) is 0 Å². The molecule has 2 aromatic carbocycles. The number of rotatable bonds is 3. The molecular formula is C14H12BrFN2O. The second-order valence-corrected chi connectivity index (χ2v) is 4.86. The highest BCUT2D eigenvalue weighted by Gasteiger charge is 2.01. The minimum Gasteiger partial charge on any atom is -0.334 e. The number of hydrogen-bond acceptors (Lipinski definition) is 1. The standard InChI is InChI=1S/C14H12BrFN2O/c15-11-3-7-13(8-4-11)18-14(19)17-9-10-1-5-12(16)6-2-10/h1-8H,9H2,(H2,17,18,19). The maximum Gasteiger partial charge on any atom is 0.319 e. The molecule has 2 N–H and O–H groups in total. The van der Waals surface area contributed by atoms with Gasteiger partial charge in [0.1, 0.15) is 5.82 Å². The van der Waals surface area contributed by atoms with E-state index in [0.717, 1.165) is 10.0 Å². The highest BCUT2D eigenvalue weighted by atomic mass is 79.9. The van der Waals surface area contributed by atoms with E-state index in [0.29, 0.717) is 12.2 Å². The van der Waals surface area contributed by atoms with E-state index in [1.807, 2.05) is 12.1 Å². The molecule has 0 bridgehead atoms. The van der Waals surface area contributed by atoms with E-state index >= 15 is 0 Å². The van der Waals surface area contributed by atoms with Crippen molar-refractivity contribution in [2.75, 3.05) is 5.32 Å². The van der Waals surface area contributed by atoms with Gasteiger partial charge in [0.2, 0.25) is 0 Å². The Bertz CT molecular complexity index is 555. The highest BCUT2D eigenvalue weighted by molar-refractivity contribution is 9.10. The van der Waals surface area contributed by atoms with Crippen LogP contribution < -0.4 is 10.6 Å². The maximum atomic E-state index is 12.7. The zero-order chi connectivity index (χ0) is 13.7. The lowest BCUT2D eigenvalue weighted by Gasteiger charge is -2.07. The fourth-order valence-electron chi connectivity index (χ4n) is 1.49. The molecule has 0 aliphatic heterocycles. The van der Waals surface area contributed by atoms with E-state index < -0.39 is 0 Å². The Hall–Kier alpha value is -1.88. The molecule has 0 aromatic heterocycles. The van der Waals surface area contributed by atoms with Crippen LogP contribution in [0.25, 0.3) is 0 Å². The fraction of sp³-hybridized carbons (Fsp3) is 0.0714. The van der Waals surface area contributed by atoms with Crippen molar-refractivity contribution in [2.45, 2.75) is 6.54 Å². The van der Waals surface area contributed by atoms with Crippen molar-refractivity contribution in [2.24, 2.45) is 0 Å². The lowest BCUT2D eigenvalue weighted by molar-refractivity contribution is 0.251. The SMILES string of the molecule is O=C(NCc1ccc(F)cc1)Nc1ccc(Br)cc1. The lowest BCUT2D eigenvalue weighted by atomic mass is 10.2. The van der Waals surface area contributed by atoms with Gasteiger partial charge in [-0.3, -0.25) is 0 Å². The van der Waals surface area contributed by atoms with Gasteiger partial charge in [-0.2, -0.15) is 0 Å². The maximum absolute atomic E-state index is 12.7. The number of anilines is 1. The zero-order valence-corrected chi connectivity index (χ0v) is 11.6. The van der Waals surface area contributed by atoms with Crippen LogP contribution in [0.15, 0.2) is 53.0 Å². The fourth-order valence-corrected chi connectivity index (χ4v) is 1.76. The van der Waals surface area contributed by atoms with Gasteiger partial charge >= 0.3 is 6.03 Å². The Balaban J connectivity index is 1.84. The lowest BCUT2D eigenvalue weighted by Crippen LogP contribution is -2.28. The van der Waals surface area contributed by atoms with Gasteiger partial charge in [-0.05, 0) is 42.0 Å². The molecule has 3 nitrogen and oxygen atoms in total. The Labute approximate surface area is 119 Å². The predicted octanol–water partition coefficient (Wildman–Crippen LogP) is 3.91. The molecule has 0 saturated heterocycles. The summed E-state index contributed by atoms with van der Waals surface area (Å²) in [6, 6.07) is 13.0. The van der Waals surface area contributed by atoms with Gasteiger partial charge in [0.05, 0.1) is 0 Å². The molecule has 0 aliphatic rings. The Morgan fingerprint density at radius 2 is 1.68 bits per heavy atom. The summed E-state index contributed by atoms with van der Waals surface area (Å²) in [6.45, 7) is 0.350. The third kappa shape index (κ3) is 4.37. The van der Waals surface area contributed by atoms with Crippen molar-refractivity contribution in [3.63, 3.8) is 0 Å². The number of carbonyl (C=O) groups is 1. The van der Waals surface area contributed by atoms with E-state index in [9.17, 15) is 9.18 Å². The quantitative estimate of drug-likeness (QED) is 0.883. The first kappa shape index (κ1) is 13.5. The van der Waals surface area contributed by atoms with E-state index in [1.165, 1.54) is 12.1 Å². The molecule has 0 aliphatic carbocycles. The van der Waals surface area contributed by atoms with Crippen molar-refractivity contribution in [3.8, 4) is 0 Å². The summed E-state index contributed by atoms with van der Waals surface area (Å²) < 4.78 is 13.7. The van der Waals surface area contributed by atoms with Crippen LogP contribution in [-0.2, 0) is 6.54 Å². The average Bonchev–Trinajstić information content (AvgIpc) is 2.41. The van der Waals surface area contributed by atoms with Crippen LogP contribution in [0.1, 0.15) is 5.56 Å². The molecule has 0 heterocycles. The van der Waals surface area contributed by atoms with E-state index in [1.54, 1.807) is 24.3 Å². The molecule has 98 valence electrons. The van der Waals surface area contributed by atoms with E-state index in [4.69, 9.17) is 0 Å². The molecular weight excluding hydrogens is 311 g/mol. The molecule has 2 amide bonds. The number of benzene rings is 2. The molecule has 0 radical (unpaired) electrons. The Morgan fingerprint density at radius 1 is 1.05 bits per heavy atom. The molecule has 2 rings (SSSR count). The van der Waals surface area contributed by atoms with Crippen LogP contribution in [0.4, 0.5) is 14.9 Å².